The molecule has 0 unspecified atom stereocenters. The fourth-order valence-electron chi connectivity index (χ4n) is 1.34. The highest BCUT2D eigenvalue weighted by Crippen LogP contribution is 2.22. The summed E-state index contributed by atoms with van der Waals surface area (Å²) < 4.78 is 12.8. The van der Waals surface area contributed by atoms with Crippen LogP contribution in [0, 0.1) is 5.82 Å². The first-order chi connectivity index (χ1) is 9.29. The number of hydrogen-bond donors (Lipinski definition) is 3. The van der Waals surface area contributed by atoms with E-state index in [9.17, 15) is 18.8 Å². The number of nitrogens with one attached hydrogen (secondary N) is 1. The van der Waals surface area contributed by atoms with Crippen LogP contribution < -0.4 is 11.1 Å². The molecule has 0 fully saturated rings. The van der Waals surface area contributed by atoms with Crippen molar-refractivity contribution in [2.45, 2.75) is 0 Å². The lowest BCUT2D eigenvalue weighted by Gasteiger charge is -2.19. The van der Waals surface area contributed by atoms with Gasteiger partial charge in [0.25, 0.3) is 0 Å². The minimum absolute atomic E-state index is 0.0623. The quantitative estimate of drug-likeness (QED) is 0.749. The average molecular weight is 304 g/mol. The molecule has 20 heavy (non-hydrogen) atoms. The number of nitrogens with zero attached hydrogens (tertiary/aromatic N) is 1. The molecule has 1 rings (SSSR count). The first-order valence-corrected chi connectivity index (χ1v) is 5.68. The van der Waals surface area contributed by atoms with Crippen molar-refractivity contribution in [3.8, 4) is 0 Å². The average Bonchev–Trinajstić information content (AvgIpc) is 2.30. The van der Waals surface area contributed by atoms with E-state index in [2.05, 4.69) is 5.32 Å². The molecule has 0 heterocycles. The number of amides is 3. The van der Waals surface area contributed by atoms with Gasteiger partial charge in [0.1, 0.15) is 18.9 Å². The van der Waals surface area contributed by atoms with Crippen molar-refractivity contribution in [3.05, 3.63) is 29.0 Å². The topological polar surface area (TPSA) is 113 Å². The smallest absolute Gasteiger partial charge is 0.323 e. The Bertz CT molecular complexity index is 536. The highest BCUT2D eigenvalue weighted by molar-refractivity contribution is 6.33. The Morgan fingerprint density at radius 2 is 2.00 bits per heavy atom. The van der Waals surface area contributed by atoms with Gasteiger partial charge in [-0.2, -0.15) is 0 Å². The van der Waals surface area contributed by atoms with Gasteiger partial charge in [-0.1, -0.05) is 11.6 Å². The second-order valence-corrected chi connectivity index (χ2v) is 4.18. The van der Waals surface area contributed by atoms with Gasteiger partial charge in [-0.3, -0.25) is 9.59 Å². The Labute approximate surface area is 118 Å². The fraction of sp³-hybridized carbons (Fsp3) is 0.182. The van der Waals surface area contributed by atoms with Gasteiger partial charge >= 0.3 is 12.0 Å². The molecule has 0 aliphatic heterocycles. The van der Waals surface area contributed by atoms with E-state index in [1.807, 2.05) is 0 Å². The van der Waals surface area contributed by atoms with E-state index < -0.39 is 36.8 Å². The molecular weight excluding hydrogens is 293 g/mol. The number of urea groups is 1. The van der Waals surface area contributed by atoms with Gasteiger partial charge < -0.3 is 21.1 Å². The highest BCUT2D eigenvalue weighted by Gasteiger charge is 2.19. The van der Waals surface area contributed by atoms with Gasteiger partial charge in [0.05, 0.1) is 10.7 Å². The first kappa shape index (κ1) is 15.7. The zero-order valence-electron chi connectivity index (χ0n) is 10.1. The SMILES string of the molecule is NC(=O)CN(CC(=O)O)C(=O)Nc1ccc(F)cc1Cl. The van der Waals surface area contributed by atoms with E-state index in [-0.39, 0.29) is 10.7 Å². The third-order valence-corrected chi connectivity index (χ3v) is 2.45. The van der Waals surface area contributed by atoms with E-state index in [0.29, 0.717) is 4.90 Å². The van der Waals surface area contributed by atoms with Crippen molar-refractivity contribution in [2.24, 2.45) is 5.73 Å². The molecular formula is C11H11ClFN3O4. The molecule has 9 heteroatoms. The maximum absolute atomic E-state index is 12.8. The summed E-state index contributed by atoms with van der Waals surface area (Å²) in [6, 6.07) is 2.36. The van der Waals surface area contributed by atoms with Gasteiger partial charge in [0.15, 0.2) is 0 Å². The molecule has 108 valence electrons. The number of carbonyl (C=O) groups is 3. The summed E-state index contributed by atoms with van der Waals surface area (Å²) in [6.45, 7) is -1.29. The molecule has 0 aromatic heterocycles. The third kappa shape index (κ3) is 4.73. The van der Waals surface area contributed by atoms with Gasteiger partial charge in [0, 0.05) is 0 Å². The molecule has 0 saturated carbocycles. The summed E-state index contributed by atoms with van der Waals surface area (Å²) in [7, 11) is 0. The maximum atomic E-state index is 12.8. The molecule has 3 amide bonds. The van der Waals surface area contributed by atoms with E-state index in [1.54, 1.807) is 0 Å². The van der Waals surface area contributed by atoms with Crippen molar-refractivity contribution in [1.82, 2.24) is 4.90 Å². The zero-order valence-corrected chi connectivity index (χ0v) is 10.9. The number of nitrogens with two attached hydrogens (primary N) is 1. The standard InChI is InChI=1S/C11H11ClFN3O4/c12-7-3-6(13)1-2-8(7)15-11(20)16(4-9(14)17)5-10(18)19/h1-3H,4-5H2,(H2,14,17)(H,15,20)(H,18,19). The van der Waals surface area contributed by atoms with Crippen LogP contribution in [0.4, 0.5) is 14.9 Å². The Hall–Kier alpha value is -2.35. The van der Waals surface area contributed by atoms with Crippen molar-refractivity contribution in [2.75, 3.05) is 18.4 Å². The number of primary amides is 1. The summed E-state index contributed by atoms with van der Waals surface area (Å²) in [5, 5.41) is 10.9. The predicted molar refractivity (Wildman–Crippen MR) is 68.8 cm³/mol. The highest BCUT2D eigenvalue weighted by atomic mass is 35.5. The number of carboxylic acids is 1. The third-order valence-electron chi connectivity index (χ3n) is 2.13. The zero-order chi connectivity index (χ0) is 15.3. The molecule has 1 aromatic carbocycles. The monoisotopic (exact) mass is 303 g/mol. The van der Waals surface area contributed by atoms with E-state index in [1.165, 1.54) is 6.07 Å². The minimum Gasteiger partial charge on any atom is -0.480 e. The second-order valence-electron chi connectivity index (χ2n) is 3.77. The molecule has 7 nitrogen and oxygen atoms in total. The lowest BCUT2D eigenvalue weighted by Crippen LogP contribution is -2.43. The summed E-state index contributed by atoms with van der Waals surface area (Å²) in [6.07, 6.45) is 0. The molecule has 0 bridgehead atoms. The number of halogens is 2. The number of benzene rings is 1. The van der Waals surface area contributed by atoms with Crippen molar-refractivity contribution >= 4 is 35.2 Å². The molecule has 0 spiro atoms. The van der Waals surface area contributed by atoms with E-state index in [0.717, 1.165) is 12.1 Å². The Morgan fingerprint density at radius 3 is 2.50 bits per heavy atom. The summed E-state index contributed by atoms with van der Waals surface area (Å²) in [4.78, 5) is 33.9. The molecule has 4 N–H and O–H groups in total. The van der Waals surface area contributed by atoms with Gasteiger partial charge in [0.2, 0.25) is 5.91 Å². The van der Waals surface area contributed by atoms with Gasteiger partial charge in [-0.15, -0.1) is 0 Å². The second kappa shape index (κ2) is 6.71. The van der Waals surface area contributed by atoms with Crippen molar-refractivity contribution < 1.29 is 23.9 Å². The predicted octanol–water partition coefficient (Wildman–Crippen LogP) is 0.883. The summed E-state index contributed by atoms with van der Waals surface area (Å²) in [5.74, 6) is -2.77. The van der Waals surface area contributed by atoms with Crippen molar-refractivity contribution in [3.63, 3.8) is 0 Å². The Balaban J connectivity index is 2.84. The number of carboxylic acid groups (broad SMARTS) is 1. The largest absolute Gasteiger partial charge is 0.480 e. The molecule has 1 aromatic rings. The number of hydrogen-bond acceptors (Lipinski definition) is 3. The number of aliphatic carboxylic acids is 1. The van der Waals surface area contributed by atoms with Crippen LogP contribution in [0.5, 0.6) is 0 Å². The Kier molecular flexibility index (Phi) is 5.27. The molecule has 0 aliphatic rings. The summed E-state index contributed by atoms with van der Waals surface area (Å²) in [5.41, 5.74) is 5.00. The fourth-order valence-corrected chi connectivity index (χ4v) is 1.55. The molecule has 0 aliphatic carbocycles. The van der Waals surface area contributed by atoms with Crippen LogP contribution in [-0.4, -0.2) is 41.0 Å². The number of anilines is 1. The van der Waals surface area contributed by atoms with E-state index >= 15 is 0 Å². The van der Waals surface area contributed by atoms with Gasteiger partial charge in [-0.05, 0) is 18.2 Å². The van der Waals surface area contributed by atoms with Crippen LogP contribution in [0.2, 0.25) is 5.02 Å². The lowest BCUT2D eigenvalue weighted by atomic mass is 10.3. The van der Waals surface area contributed by atoms with Crippen LogP contribution in [0.15, 0.2) is 18.2 Å². The molecule has 0 radical (unpaired) electrons. The van der Waals surface area contributed by atoms with Crippen LogP contribution in [0.25, 0.3) is 0 Å². The first-order valence-electron chi connectivity index (χ1n) is 5.30. The normalized spacial score (nSPS) is 9.90. The lowest BCUT2D eigenvalue weighted by molar-refractivity contribution is -0.137. The maximum Gasteiger partial charge on any atom is 0.323 e. The van der Waals surface area contributed by atoms with Crippen LogP contribution in [-0.2, 0) is 9.59 Å². The van der Waals surface area contributed by atoms with Crippen LogP contribution in [0.1, 0.15) is 0 Å². The molecule has 0 saturated heterocycles. The van der Waals surface area contributed by atoms with Crippen LogP contribution >= 0.6 is 11.6 Å². The number of carbonyl (C=O) groups excluding carboxylic acids is 2. The minimum atomic E-state index is -1.31. The van der Waals surface area contributed by atoms with Crippen LogP contribution in [0.3, 0.4) is 0 Å². The summed E-state index contributed by atoms with van der Waals surface area (Å²) >= 11 is 5.71. The number of rotatable bonds is 5. The Morgan fingerprint density at radius 1 is 1.35 bits per heavy atom. The van der Waals surface area contributed by atoms with Gasteiger partial charge in [-0.25, -0.2) is 9.18 Å². The van der Waals surface area contributed by atoms with Crippen molar-refractivity contribution in [1.29, 1.82) is 0 Å². The van der Waals surface area contributed by atoms with E-state index in [4.69, 9.17) is 22.4 Å². The molecule has 0 atom stereocenters.